The average Bonchev–Trinajstić information content (AvgIpc) is 1.99. The maximum atomic E-state index is 5.54. The molecule has 0 aliphatic rings. The Kier molecular flexibility index (Phi) is 4.11. The van der Waals surface area contributed by atoms with Crippen LogP contribution in [-0.2, 0) is 0 Å². The zero-order valence-corrected chi connectivity index (χ0v) is 7.46. The van der Waals surface area contributed by atoms with E-state index in [9.17, 15) is 0 Å². The van der Waals surface area contributed by atoms with Gasteiger partial charge in [-0.2, -0.15) is 0 Å². The van der Waals surface area contributed by atoms with Gasteiger partial charge >= 0.3 is 0 Å². The van der Waals surface area contributed by atoms with Crippen LogP contribution < -0.4 is 5.73 Å². The van der Waals surface area contributed by atoms with Crippen LogP contribution in [0.2, 0.25) is 0 Å². The molecule has 0 radical (unpaired) electrons. The van der Waals surface area contributed by atoms with Gasteiger partial charge in [0.05, 0.1) is 0 Å². The summed E-state index contributed by atoms with van der Waals surface area (Å²) in [5, 5.41) is 0. The number of likely N-dealkylation sites (N-methyl/N-ethyl adjacent to an activating group) is 1. The van der Waals surface area contributed by atoms with Crippen LogP contribution in [0.5, 0.6) is 0 Å². The topological polar surface area (TPSA) is 29.3 Å². The first-order valence-corrected chi connectivity index (χ1v) is 3.54. The Bertz CT molecular complexity index is 188. The van der Waals surface area contributed by atoms with E-state index in [0.717, 1.165) is 11.4 Å². The van der Waals surface area contributed by atoms with Crippen LogP contribution in [0.1, 0.15) is 6.92 Å². The van der Waals surface area contributed by atoms with Gasteiger partial charge in [-0.15, -0.1) is 0 Å². The highest BCUT2D eigenvalue weighted by Crippen LogP contribution is 1.97. The SMILES string of the molecule is C=C(/C=C\C(N)=C/C)N(C)C. The number of hydrogen-bond donors (Lipinski definition) is 1. The quantitative estimate of drug-likeness (QED) is 0.621. The highest BCUT2D eigenvalue weighted by Gasteiger charge is 1.87. The van der Waals surface area contributed by atoms with Crippen molar-refractivity contribution in [3.8, 4) is 0 Å². The first-order chi connectivity index (χ1) is 5.07. The normalized spacial score (nSPS) is 12.1. The Labute approximate surface area is 68.7 Å². The van der Waals surface area contributed by atoms with Crippen molar-refractivity contribution < 1.29 is 0 Å². The molecule has 62 valence electrons. The van der Waals surface area contributed by atoms with Crippen LogP contribution in [0.3, 0.4) is 0 Å². The molecule has 0 rings (SSSR count). The van der Waals surface area contributed by atoms with E-state index in [0.29, 0.717) is 0 Å². The smallest absolute Gasteiger partial charge is 0.0288 e. The molecule has 0 amide bonds. The molecule has 0 heterocycles. The fourth-order valence-corrected chi connectivity index (χ4v) is 0.438. The number of nitrogens with two attached hydrogens (primary N) is 1. The molecule has 0 aromatic rings. The molecular formula is C9H16N2. The minimum atomic E-state index is 0.757. The number of rotatable bonds is 3. The number of hydrogen-bond acceptors (Lipinski definition) is 2. The summed E-state index contributed by atoms with van der Waals surface area (Å²) in [6, 6.07) is 0. The molecule has 2 heteroatoms. The first-order valence-electron chi connectivity index (χ1n) is 3.54. The largest absolute Gasteiger partial charge is 0.399 e. The van der Waals surface area contributed by atoms with Crippen molar-refractivity contribution in [2.24, 2.45) is 5.73 Å². The van der Waals surface area contributed by atoms with Gasteiger partial charge in [-0.25, -0.2) is 0 Å². The van der Waals surface area contributed by atoms with Gasteiger partial charge in [-0.3, -0.25) is 0 Å². The fraction of sp³-hybridized carbons (Fsp3) is 0.333. The first kappa shape index (κ1) is 9.82. The average molecular weight is 152 g/mol. The monoisotopic (exact) mass is 152 g/mol. The van der Waals surface area contributed by atoms with Crippen LogP contribution in [0.4, 0.5) is 0 Å². The Morgan fingerprint density at radius 2 is 1.91 bits per heavy atom. The van der Waals surface area contributed by atoms with E-state index in [2.05, 4.69) is 6.58 Å². The molecule has 0 aromatic heterocycles. The molecule has 0 saturated carbocycles. The highest BCUT2D eigenvalue weighted by molar-refractivity contribution is 5.22. The van der Waals surface area contributed by atoms with Crippen molar-refractivity contribution >= 4 is 0 Å². The van der Waals surface area contributed by atoms with E-state index in [4.69, 9.17) is 5.73 Å². The lowest BCUT2D eigenvalue weighted by Gasteiger charge is -2.10. The van der Waals surface area contributed by atoms with Crippen LogP contribution in [0.25, 0.3) is 0 Å². The minimum absolute atomic E-state index is 0.757. The van der Waals surface area contributed by atoms with Gasteiger partial charge in [0.25, 0.3) is 0 Å². The van der Waals surface area contributed by atoms with E-state index in [1.54, 1.807) is 0 Å². The third-order valence-electron chi connectivity index (χ3n) is 1.38. The van der Waals surface area contributed by atoms with Gasteiger partial charge in [-0.1, -0.05) is 12.7 Å². The van der Waals surface area contributed by atoms with Crippen molar-refractivity contribution in [1.82, 2.24) is 4.90 Å². The number of allylic oxidation sites excluding steroid dienone is 3. The standard InChI is InChI=1S/C9H16N2/c1-5-9(10)7-6-8(2)11(3)4/h5-7H,2,10H2,1,3-4H3/b7-6-,9-5+. The Morgan fingerprint density at radius 1 is 1.36 bits per heavy atom. The minimum Gasteiger partial charge on any atom is -0.399 e. The molecule has 0 unspecified atom stereocenters. The molecule has 0 fully saturated rings. The summed E-state index contributed by atoms with van der Waals surface area (Å²) in [6.45, 7) is 5.72. The molecule has 0 saturated heterocycles. The van der Waals surface area contributed by atoms with E-state index in [1.165, 1.54) is 0 Å². The van der Waals surface area contributed by atoms with Crippen LogP contribution in [-0.4, -0.2) is 19.0 Å². The molecule has 0 aliphatic heterocycles. The summed E-state index contributed by atoms with van der Waals surface area (Å²) in [7, 11) is 3.89. The van der Waals surface area contributed by atoms with Gasteiger partial charge in [0.1, 0.15) is 0 Å². The predicted molar refractivity (Wildman–Crippen MR) is 49.9 cm³/mol. The molecule has 0 aliphatic carbocycles. The molecule has 0 spiro atoms. The Balaban J connectivity index is 4.04. The molecule has 0 aromatic carbocycles. The van der Waals surface area contributed by atoms with E-state index >= 15 is 0 Å². The maximum absolute atomic E-state index is 5.54. The zero-order valence-electron chi connectivity index (χ0n) is 7.46. The molecule has 2 N–H and O–H groups in total. The summed E-state index contributed by atoms with van der Waals surface area (Å²) >= 11 is 0. The molecule has 0 atom stereocenters. The van der Waals surface area contributed by atoms with E-state index < -0.39 is 0 Å². The lowest BCUT2D eigenvalue weighted by molar-refractivity contribution is 0.532. The summed E-state index contributed by atoms with van der Waals surface area (Å²) < 4.78 is 0. The third-order valence-corrected chi connectivity index (χ3v) is 1.38. The van der Waals surface area contributed by atoms with Gasteiger partial charge in [0, 0.05) is 25.5 Å². The van der Waals surface area contributed by atoms with Crippen molar-refractivity contribution in [2.75, 3.05) is 14.1 Å². The molecule has 0 bridgehead atoms. The second-order valence-electron chi connectivity index (χ2n) is 2.51. The summed E-state index contributed by atoms with van der Waals surface area (Å²) in [5.74, 6) is 0. The van der Waals surface area contributed by atoms with Crippen molar-refractivity contribution in [1.29, 1.82) is 0 Å². The Morgan fingerprint density at radius 3 is 2.27 bits per heavy atom. The van der Waals surface area contributed by atoms with Crippen molar-refractivity contribution in [3.05, 3.63) is 36.2 Å². The van der Waals surface area contributed by atoms with Gasteiger partial charge in [-0.05, 0) is 19.1 Å². The third kappa shape index (κ3) is 4.25. The summed E-state index contributed by atoms with van der Waals surface area (Å²) in [6.07, 6.45) is 5.57. The van der Waals surface area contributed by atoms with Crippen molar-refractivity contribution in [2.45, 2.75) is 6.92 Å². The summed E-state index contributed by atoms with van der Waals surface area (Å²) in [4.78, 5) is 1.93. The van der Waals surface area contributed by atoms with Gasteiger partial charge in [0.15, 0.2) is 0 Å². The van der Waals surface area contributed by atoms with Crippen LogP contribution >= 0.6 is 0 Å². The molecular weight excluding hydrogens is 136 g/mol. The fourth-order valence-electron chi connectivity index (χ4n) is 0.438. The predicted octanol–water partition coefficient (Wildman–Crippen LogP) is 1.48. The zero-order chi connectivity index (χ0) is 8.85. The maximum Gasteiger partial charge on any atom is 0.0288 e. The van der Waals surface area contributed by atoms with Crippen LogP contribution in [0.15, 0.2) is 36.2 Å². The highest BCUT2D eigenvalue weighted by atomic mass is 15.1. The van der Waals surface area contributed by atoms with Gasteiger partial charge in [0.2, 0.25) is 0 Å². The number of nitrogens with zero attached hydrogens (tertiary/aromatic N) is 1. The molecule has 2 nitrogen and oxygen atoms in total. The van der Waals surface area contributed by atoms with Crippen molar-refractivity contribution in [3.63, 3.8) is 0 Å². The second kappa shape index (κ2) is 4.61. The second-order valence-corrected chi connectivity index (χ2v) is 2.51. The lowest BCUT2D eigenvalue weighted by atomic mass is 10.3. The Hall–Kier alpha value is -1.18. The summed E-state index contributed by atoms with van der Waals surface area (Å²) in [5.41, 5.74) is 7.23. The van der Waals surface area contributed by atoms with Gasteiger partial charge < -0.3 is 10.6 Å². The van der Waals surface area contributed by atoms with Crippen LogP contribution in [0, 0.1) is 0 Å². The molecule has 11 heavy (non-hydrogen) atoms. The van der Waals surface area contributed by atoms with E-state index in [1.807, 2.05) is 44.1 Å². The van der Waals surface area contributed by atoms with E-state index in [-0.39, 0.29) is 0 Å². The lowest BCUT2D eigenvalue weighted by Crippen LogP contribution is -2.07.